The smallest absolute Gasteiger partial charge is 0.387 e. The molecule has 1 aromatic heterocycles. The van der Waals surface area contributed by atoms with E-state index in [4.69, 9.17) is 0 Å². The molecule has 0 amide bonds. The van der Waals surface area contributed by atoms with Crippen LogP contribution in [0.4, 0.5) is 8.78 Å². The molecule has 3 nitrogen and oxygen atoms in total. The van der Waals surface area contributed by atoms with Gasteiger partial charge in [0.25, 0.3) is 0 Å². The first-order chi connectivity index (χ1) is 7.61. The molecule has 0 aliphatic carbocycles. The van der Waals surface area contributed by atoms with E-state index in [0.717, 1.165) is 23.0 Å². The Kier molecular flexibility index (Phi) is 2.77. The molecule has 1 heterocycles. The van der Waals surface area contributed by atoms with Gasteiger partial charge in [-0.1, -0.05) is 6.92 Å². The van der Waals surface area contributed by atoms with Crippen molar-refractivity contribution >= 4 is 10.9 Å². The van der Waals surface area contributed by atoms with Crippen molar-refractivity contribution in [2.24, 2.45) is 7.05 Å². The Labute approximate surface area is 91.6 Å². The number of aryl methyl sites for hydroxylation is 2. The minimum Gasteiger partial charge on any atom is -0.435 e. The summed E-state index contributed by atoms with van der Waals surface area (Å²) < 4.78 is 30.2. The van der Waals surface area contributed by atoms with Crippen molar-refractivity contribution in [3.8, 4) is 5.75 Å². The van der Waals surface area contributed by atoms with Crippen molar-refractivity contribution in [1.29, 1.82) is 0 Å². The largest absolute Gasteiger partial charge is 0.435 e. The predicted molar refractivity (Wildman–Crippen MR) is 56.7 cm³/mol. The van der Waals surface area contributed by atoms with E-state index in [1.807, 2.05) is 14.0 Å². The molecule has 0 spiro atoms. The van der Waals surface area contributed by atoms with Gasteiger partial charge < -0.3 is 4.74 Å². The van der Waals surface area contributed by atoms with Crippen LogP contribution in [-0.4, -0.2) is 16.4 Å². The second-order valence-electron chi connectivity index (χ2n) is 3.48. The Bertz CT molecular complexity index is 508. The number of alkyl halides is 2. The lowest BCUT2D eigenvalue weighted by Gasteiger charge is -2.04. The highest BCUT2D eigenvalue weighted by molar-refractivity contribution is 5.83. The van der Waals surface area contributed by atoms with Gasteiger partial charge in [0.15, 0.2) is 0 Å². The van der Waals surface area contributed by atoms with E-state index in [2.05, 4.69) is 9.84 Å². The van der Waals surface area contributed by atoms with E-state index in [1.165, 1.54) is 6.07 Å². The summed E-state index contributed by atoms with van der Waals surface area (Å²) >= 11 is 0. The Morgan fingerprint density at radius 1 is 1.44 bits per heavy atom. The number of benzene rings is 1. The Morgan fingerprint density at radius 3 is 2.81 bits per heavy atom. The lowest BCUT2D eigenvalue weighted by Crippen LogP contribution is -2.01. The third-order valence-corrected chi connectivity index (χ3v) is 2.46. The van der Waals surface area contributed by atoms with E-state index < -0.39 is 6.61 Å². The van der Waals surface area contributed by atoms with Crippen molar-refractivity contribution in [2.45, 2.75) is 20.0 Å². The highest BCUT2D eigenvalue weighted by Gasteiger charge is 2.10. The highest BCUT2D eigenvalue weighted by Crippen LogP contribution is 2.24. The first kappa shape index (κ1) is 10.9. The number of nitrogens with zero attached hydrogens (tertiary/aromatic N) is 2. The minimum atomic E-state index is -2.79. The monoisotopic (exact) mass is 226 g/mol. The summed E-state index contributed by atoms with van der Waals surface area (Å²) in [5.74, 6) is 0.171. The molecule has 0 fully saturated rings. The summed E-state index contributed by atoms with van der Waals surface area (Å²) in [5, 5.41) is 5.17. The number of hydrogen-bond donors (Lipinski definition) is 0. The zero-order valence-electron chi connectivity index (χ0n) is 9.08. The van der Waals surface area contributed by atoms with E-state index in [9.17, 15) is 8.78 Å². The number of aromatic nitrogens is 2. The van der Waals surface area contributed by atoms with Gasteiger partial charge in [-0.2, -0.15) is 13.9 Å². The zero-order valence-corrected chi connectivity index (χ0v) is 9.08. The molecule has 0 bridgehead atoms. The molecule has 0 unspecified atom stereocenters. The van der Waals surface area contributed by atoms with E-state index in [1.54, 1.807) is 16.8 Å². The molecule has 0 radical (unpaired) electrons. The summed E-state index contributed by atoms with van der Waals surface area (Å²) in [5.41, 5.74) is 1.80. The molecule has 1 aromatic carbocycles. The summed E-state index contributed by atoms with van der Waals surface area (Å²) in [4.78, 5) is 0. The van der Waals surface area contributed by atoms with Gasteiger partial charge in [-0.3, -0.25) is 4.68 Å². The molecule has 0 atom stereocenters. The molecule has 0 aliphatic heterocycles. The summed E-state index contributed by atoms with van der Waals surface area (Å²) in [7, 11) is 1.83. The molecular weight excluding hydrogens is 214 g/mol. The van der Waals surface area contributed by atoms with Gasteiger partial charge in [0, 0.05) is 12.4 Å². The molecular formula is C11H12F2N2O. The van der Waals surface area contributed by atoms with Crippen LogP contribution in [0.3, 0.4) is 0 Å². The van der Waals surface area contributed by atoms with E-state index >= 15 is 0 Å². The number of fused-ring (bicyclic) bond motifs is 1. The normalized spacial score (nSPS) is 11.3. The van der Waals surface area contributed by atoms with Gasteiger partial charge in [0.2, 0.25) is 0 Å². The second-order valence-corrected chi connectivity index (χ2v) is 3.48. The maximum absolute atomic E-state index is 12.1. The van der Waals surface area contributed by atoms with Crippen molar-refractivity contribution in [3.05, 3.63) is 23.9 Å². The standard InChI is InChI=1S/C11H12F2N2O/c1-3-9-8-6-7(16-11(12)13)4-5-10(8)15(2)14-9/h4-6,11H,3H2,1-2H3. The number of rotatable bonds is 3. The molecule has 16 heavy (non-hydrogen) atoms. The van der Waals surface area contributed by atoms with Crippen LogP contribution in [0.5, 0.6) is 5.75 Å². The van der Waals surface area contributed by atoms with Crippen LogP contribution in [0.2, 0.25) is 0 Å². The Balaban J connectivity index is 2.51. The van der Waals surface area contributed by atoms with Crippen LogP contribution in [0.25, 0.3) is 10.9 Å². The first-order valence-electron chi connectivity index (χ1n) is 5.02. The fourth-order valence-electron chi connectivity index (χ4n) is 1.75. The van der Waals surface area contributed by atoms with E-state index in [0.29, 0.717) is 0 Å². The fourth-order valence-corrected chi connectivity index (χ4v) is 1.75. The lowest BCUT2D eigenvalue weighted by molar-refractivity contribution is -0.0497. The number of halogens is 2. The minimum absolute atomic E-state index is 0.171. The highest BCUT2D eigenvalue weighted by atomic mass is 19.3. The molecule has 2 rings (SSSR count). The van der Waals surface area contributed by atoms with Crippen molar-refractivity contribution in [3.63, 3.8) is 0 Å². The van der Waals surface area contributed by atoms with Crippen molar-refractivity contribution in [1.82, 2.24) is 9.78 Å². The van der Waals surface area contributed by atoms with Gasteiger partial charge >= 0.3 is 6.61 Å². The maximum atomic E-state index is 12.1. The van der Waals surface area contributed by atoms with Crippen molar-refractivity contribution in [2.75, 3.05) is 0 Å². The fraction of sp³-hybridized carbons (Fsp3) is 0.364. The maximum Gasteiger partial charge on any atom is 0.387 e. The van der Waals surface area contributed by atoms with Crippen LogP contribution in [0.1, 0.15) is 12.6 Å². The third-order valence-electron chi connectivity index (χ3n) is 2.46. The SMILES string of the molecule is CCc1nn(C)c2ccc(OC(F)F)cc12. The van der Waals surface area contributed by atoms with Crippen LogP contribution < -0.4 is 4.74 Å². The van der Waals surface area contributed by atoms with Crippen LogP contribution >= 0.6 is 0 Å². The quantitative estimate of drug-likeness (QED) is 0.804. The molecule has 0 aliphatic rings. The Hall–Kier alpha value is -1.65. The van der Waals surface area contributed by atoms with Crippen LogP contribution in [-0.2, 0) is 13.5 Å². The van der Waals surface area contributed by atoms with Gasteiger partial charge in [-0.25, -0.2) is 0 Å². The van der Waals surface area contributed by atoms with Gasteiger partial charge in [0.1, 0.15) is 5.75 Å². The van der Waals surface area contributed by atoms with Crippen LogP contribution in [0.15, 0.2) is 18.2 Å². The van der Waals surface area contributed by atoms with Gasteiger partial charge in [0.05, 0.1) is 11.2 Å². The number of ether oxygens (including phenoxy) is 1. The zero-order chi connectivity index (χ0) is 11.7. The molecule has 0 N–H and O–H groups in total. The summed E-state index contributed by atoms with van der Waals surface area (Å²) in [6.07, 6.45) is 0.759. The average molecular weight is 226 g/mol. The Morgan fingerprint density at radius 2 is 2.19 bits per heavy atom. The molecule has 2 aromatic rings. The lowest BCUT2D eigenvalue weighted by atomic mass is 10.2. The second kappa shape index (κ2) is 4.08. The average Bonchev–Trinajstić information content (AvgIpc) is 2.54. The molecule has 0 saturated heterocycles. The molecule has 0 saturated carbocycles. The molecule has 5 heteroatoms. The summed E-state index contributed by atoms with van der Waals surface area (Å²) in [6.45, 7) is -0.818. The van der Waals surface area contributed by atoms with Crippen LogP contribution in [0, 0.1) is 0 Å². The van der Waals surface area contributed by atoms with Crippen molar-refractivity contribution < 1.29 is 13.5 Å². The predicted octanol–water partition coefficient (Wildman–Crippen LogP) is 2.74. The summed E-state index contributed by atoms with van der Waals surface area (Å²) in [6, 6.07) is 4.86. The van der Waals surface area contributed by atoms with Gasteiger partial charge in [-0.05, 0) is 24.6 Å². The third kappa shape index (κ3) is 1.85. The number of hydrogen-bond acceptors (Lipinski definition) is 2. The topological polar surface area (TPSA) is 27.1 Å². The van der Waals surface area contributed by atoms with E-state index in [-0.39, 0.29) is 5.75 Å². The molecule has 86 valence electrons. The van der Waals surface area contributed by atoms with Gasteiger partial charge in [-0.15, -0.1) is 0 Å². The first-order valence-corrected chi connectivity index (χ1v) is 5.02.